The maximum atomic E-state index is 12.6. The quantitative estimate of drug-likeness (QED) is 0.862. The molecule has 3 aliphatic rings. The third-order valence-corrected chi connectivity index (χ3v) is 5.29. The highest BCUT2D eigenvalue weighted by atomic mass is 35.5. The highest BCUT2D eigenvalue weighted by Crippen LogP contribution is 2.33. The second kappa shape index (κ2) is 7.11. The van der Waals surface area contributed by atoms with Crippen molar-refractivity contribution in [2.45, 2.75) is 50.2 Å². The molecule has 1 atom stereocenters. The van der Waals surface area contributed by atoms with Crippen LogP contribution in [0.1, 0.15) is 49.3 Å². The lowest BCUT2D eigenvalue weighted by Gasteiger charge is -2.31. The van der Waals surface area contributed by atoms with E-state index in [1.165, 1.54) is 11.1 Å². The largest absolute Gasteiger partial charge is 0.388 e. The molecule has 130 valence electrons. The van der Waals surface area contributed by atoms with Crippen LogP contribution in [0.3, 0.4) is 0 Å². The molecule has 0 saturated carbocycles. The minimum Gasteiger partial charge on any atom is -0.388 e. The van der Waals surface area contributed by atoms with Crippen molar-refractivity contribution in [1.29, 1.82) is 0 Å². The molecule has 1 saturated heterocycles. The van der Waals surface area contributed by atoms with Crippen LogP contribution in [0.2, 0.25) is 0 Å². The normalized spacial score (nSPS) is 24.3. The van der Waals surface area contributed by atoms with Crippen molar-refractivity contribution in [2.75, 3.05) is 13.1 Å². The van der Waals surface area contributed by atoms with Gasteiger partial charge in [0.05, 0.1) is 6.04 Å². The zero-order valence-corrected chi connectivity index (χ0v) is 14.5. The van der Waals surface area contributed by atoms with Gasteiger partial charge in [0.25, 0.3) is 5.91 Å². The summed E-state index contributed by atoms with van der Waals surface area (Å²) in [5.74, 6) is -0.0675. The Balaban J connectivity index is 0.00000169. The second-order valence-electron chi connectivity index (χ2n) is 6.86. The van der Waals surface area contributed by atoms with E-state index in [1.807, 2.05) is 6.07 Å². The molecule has 1 spiro atoms. The predicted octanol–water partition coefficient (Wildman–Crippen LogP) is 2.50. The molecular formula is C18H24ClN3O2. The number of halogens is 1. The summed E-state index contributed by atoms with van der Waals surface area (Å²) in [4.78, 5) is 18.3. The lowest BCUT2D eigenvalue weighted by molar-refractivity contribution is -0.115. The van der Waals surface area contributed by atoms with Gasteiger partial charge in [-0.05, 0) is 43.5 Å². The minimum absolute atomic E-state index is 0. The molecule has 2 aliphatic heterocycles. The van der Waals surface area contributed by atoms with Crippen molar-refractivity contribution in [3.8, 4) is 0 Å². The van der Waals surface area contributed by atoms with Crippen LogP contribution in [0, 0.1) is 0 Å². The number of nitrogens with one attached hydrogen (secondary N) is 2. The Kier molecular flexibility index (Phi) is 5.11. The van der Waals surface area contributed by atoms with Gasteiger partial charge in [0, 0.05) is 19.3 Å². The zero-order valence-electron chi connectivity index (χ0n) is 13.7. The average Bonchev–Trinajstić information content (AvgIpc) is 2.99. The number of nitrogens with zero attached hydrogens (tertiary/aromatic N) is 1. The van der Waals surface area contributed by atoms with Gasteiger partial charge in [-0.15, -0.1) is 12.4 Å². The maximum Gasteiger partial charge on any atom is 0.269 e. The van der Waals surface area contributed by atoms with E-state index in [1.54, 1.807) is 0 Å². The molecule has 0 bridgehead atoms. The molecule has 1 aromatic rings. The molecule has 1 amide bonds. The summed E-state index contributed by atoms with van der Waals surface area (Å²) in [5.41, 5.74) is 2.91. The van der Waals surface area contributed by atoms with Gasteiger partial charge in [0.1, 0.15) is 11.3 Å². The summed E-state index contributed by atoms with van der Waals surface area (Å²) in [5, 5.41) is 10.6. The molecule has 1 fully saturated rings. The fourth-order valence-electron chi connectivity index (χ4n) is 3.94. The summed E-state index contributed by atoms with van der Waals surface area (Å²) in [6.07, 6.45) is 5.67. The van der Waals surface area contributed by atoms with Crippen LogP contribution in [-0.2, 0) is 16.1 Å². The first-order valence-electron chi connectivity index (χ1n) is 8.60. The van der Waals surface area contributed by atoms with Gasteiger partial charge in [-0.1, -0.05) is 29.4 Å². The van der Waals surface area contributed by atoms with Crippen LogP contribution in [0.15, 0.2) is 29.4 Å². The Morgan fingerprint density at radius 3 is 2.92 bits per heavy atom. The number of benzene rings is 1. The summed E-state index contributed by atoms with van der Waals surface area (Å²) >= 11 is 0. The fraction of sp³-hybridized carbons (Fsp3) is 0.556. The van der Waals surface area contributed by atoms with E-state index in [4.69, 9.17) is 4.84 Å². The van der Waals surface area contributed by atoms with Crippen LogP contribution in [0.5, 0.6) is 0 Å². The number of hydrogen-bond acceptors (Lipinski definition) is 4. The molecule has 2 N–H and O–H groups in total. The SMILES string of the molecule is Cl.O=C(NC1CCCc2ccccc21)C1=NOC2(CCNCC2)C1. The van der Waals surface area contributed by atoms with Crippen LogP contribution in [0.25, 0.3) is 0 Å². The van der Waals surface area contributed by atoms with Crippen molar-refractivity contribution in [1.82, 2.24) is 10.6 Å². The van der Waals surface area contributed by atoms with Gasteiger partial charge in [-0.2, -0.15) is 0 Å². The number of oxime groups is 1. The summed E-state index contributed by atoms with van der Waals surface area (Å²) in [6.45, 7) is 1.86. The van der Waals surface area contributed by atoms with Gasteiger partial charge < -0.3 is 15.5 Å². The number of piperidine rings is 1. The van der Waals surface area contributed by atoms with Crippen LogP contribution >= 0.6 is 12.4 Å². The standard InChI is InChI=1S/C18H23N3O2.ClH/c22-17(16-12-18(23-21-16)8-10-19-11-9-18)20-15-7-3-5-13-4-1-2-6-14(13)15;/h1-2,4,6,15,19H,3,5,7-12H2,(H,20,22);1H. The Labute approximate surface area is 148 Å². The van der Waals surface area contributed by atoms with Crippen molar-refractivity contribution in [3.05, 3.63) is 35.4 Å². The Bertz CT molecular complexity index is 641. The monoisotopic (exact) mass is 349 g/mol. The van der Waals surface area contributed by atoms with E-state index in [2.05, 4.69) is 34.0 Å². The van der Waals surface area contributed by atoms with E-state index in [0.29, 0.717) is 12.1 Å². The number of rotatable bonds is 2. The first kappa shape index (κ1) is 17.2. The fourth-order valence-corrected chi connectivity index (χ4v) is 3.94. The van der Waals surface area contributed by atoms with Crippen molar-refractivity contribution in [2.24, 2.45) is 5.16 Å². The van der Waals surface area contributed by atoms with E-state index in [0.717, 1.165) is 45.2 Å². The predicted molar refractivity (Wildman–Crippen MR) is 95.5 cm³/mol. The van der Waals surface area contributed by atoms with Crippen molar-refractivity contribution in [3.63, 3.8) is 0 Å². The van der Waals surface area contributed by atoms with Gasteiger partial charge >= 0.3 is 0 Å². The summed E-state index contributed by atoms with van der Waals surface area (Å²) in [7, 11) is 0. The van der Waals surface area contributed by atoms with Gasteiger partial charge in [0.2, 0.25) is 0 Å². The molecule has 2 heterocycles. The molecule has 1 aliphatic carbocycles. The number of aryl methyl sites for hydroxylation is 1. The van der Waals surface area contributed by atoms with Crippen LogP contribution in [-0.4, -0.2) is 30.3 Å². The van der Waals surface area contributed by atoms with Crippen LogP contribution in [0.4, 0.5) is 0 Å². The van der Waals surface area contributed by atoms with E-state index in [-0.39, 0.29) is 30.0 Å². The highest BCUT2D eigenvalue weighted by molar-refractivity contribution is 6.39. The minimum atomic E-state index is -0.248. The first-order chi connectivity index (χ1) is 11.3. The molecule has 5 nitrogen and oxygen atoms in total. The zero-order chi connectivity index (χ0) is 15.7. The second-order valence-corrected chi connectivity index (χ2v) is 6.86. The molecule has 24 heavy (non-hydrogen) atoms. The highest BCUT2D eigenvalue weighted by Gasteiger charge is 2.42. The topological polar surface area (TPSA) is 62.7 Å². The van der Waals surface area contributed by atoms with E-state index < -0.39 is 0 Å². The van der Waals surface area contributed by atoms with Crippen LogP contribution < -0.4 is 10.6 Å². The van der Waals surface area contributed by atoms with Gasteiger partial charge in [-0.25, -0.2) is 0 Å². The molecular weight excluding hydrogens is 326 g/mol. The number of carbonyl (C=O) groups is 1. The van der Waals surface area contributed by atoms with E-state index >= 15 is 0 Å². The lowest BCUT2D eigenvalue weighted by atomic mass is 9.86. The third kappa shape index (κ3) is 3.28. The van der Waals surface area contributed by atoms with Gasteiger partial charge in [-0.3, -0.25) is 4.79 Å². The van der Waals surface area contributed by atoms with Crippen molar-refractivity contribution >= 4 is 24.0 Å². The van der Waals surface area contributed by atoms with Crippen molar-refractivity contribution < 1.29 is 9.63 Å². The first-order valence-corrected chi connectivity index (χ1v) is 8.60. The smallest absolute Gasteiger partial charge is 0.269 e. The molecule has 0 radical (unpaired) electrons. The number of hydrogen-bond donors (Lipinski definition) is 2. The Morgan fingerprint density at radius 2 is 2.08 bits per heavy atom. The molecule has 1 aromatic carbocycles. The maximum absolute atomic E-state index is 12.6. The molecule has 4 rings (SSSR count). The van der Waals surface area contributed by atoms with E-state index in [9.17, 15) is 4.79 Å². The Hall–Kier alpha value is -1.59. The lowest BCUT2D eigenvalue weighted by Crippen LogP contribution is -2.43. The Morgan fingerprint density at radius 1 is 1.29 bits per heavy atom. The number of carbonyl (C=O) groups excluding carboxylic acids is 1. The number of amides is 1. The van der Waals surface area contributed by atoms with Gasteiger partial charge in [0.15, 0.2) is 0 Å². The summed E-state index contributed by atoms with van der Waals surface area (Å²) < 4.78 is 0. The third-order valence-electron chi connectivity index (χ3n) is 5.29. The molecule has 1 unspecified atom stereocenters. The average molecular weight is 350 g/mol. The molecule has 6 heteroatoms. The number of fused-ring (bicyclic) bond motifs is 1. The summed E-state index contributed by atoms with van der Waals surface area (Å²) in [6, 6.07) is 8.50. The molecule has 0 aromatic heterocycles.